The number of sulfonamides is 1. The van der Waals surface area contributed by atoms with E-state index in [0.29, 0.717) is 36.6 Å². The molecule has 1 amide bonds. The highest BCUT2D eigenvalue weighted by atomic mass is 35.5. The number of anilines is 1. The van der Waals surface area contributed by atoms with E-state index < -0.39 is 10.0 Å². The second-order valence-electron chi connectivity index (χ2n) is 7.91. The van der Waals surface area contributed by atoms with Gasteiger partial charge in [0.15, 0.2) is 0 Å². The van der Waals surface area contributed by atoms with E-state index in [9.17, 15) is 13.2 Å². The lowest BCUT2D eigenvalue weighted by Gasteiger charge is -2.34. The molecule has 0 aromatic heterocycles. The minimum Gasteiger partial charge on any atom is -0.340 e. The normalized spacial score (nSPS) is 15.2. The molecule has 6 nitrogen and oxygen atoms in total. The Morgan fingerprint density at radius 2 is 1.78 bits per heavy atom. The van der Waals surface area contributed by atoms with E-state index in [1.807, 2.05) is 23.1 Å². The summed E-state index contributed by atoms with van der Waals surface area (Å²) in [6.45, 7) is 4.17. The Morgan fingerprint density at radius 3 is 2.44 bits per heavy atom. The molecule has 1 heterocycles. The number of hydrogen-bond acceptors (Lipinski definition) is 4. The van der Waals surface area contributed by atoms with Crippen LogP contribution < -0.4 is 4.31 Å². The highest BCUT2D eigenvalue weighted by molar-refractivity contribution is 7.92. The summed E-state index contributed by atoms with van der Waals surface area (Å²) >= 11 is 6.01. The van der Waals surface area contributed by atoms with Crippen LogP contribution in [-0.2, 0) is 14.8 Å². The van der Waals surface area contributed by atoms with Crippen LogP contribution in [-0.4, -0.2) is 69.6 Å². The first-order valence-corrected chi connectivity index (χ1v) is 13.0. The first kappa shape index (κ1) is 24.3. The van der Waals surface area contributed by atoms with Crippen LogP contribution in [0.4, 0.5) is 5.69 Å². The number of carbonyl (C=O) groups excluding carboxylic acids is 1. The maximum Gasteiger partial charge on any atom is 0.232 e. The molecule has 1 aliphatic heterocycles. The zero-order chi connectivity index (χ0) is 23.0. The van der Waals surface area contributed by atoms with Gasteiger partial charge >= 0.3 is 0 Å². The summed E-state index contributed by atoms with van der Waals surface area (Å²) in [5, 5.41) is 0.476. The number of halogens is 1. The summed E-state index contributed by atoms with van der Waals surface area (Å²) in [7, 11) is -3.46. The van der Waals surface area contributed by atoms with E-state index in [1.165, 1.54) is 16.1 Å². The molecule has 32 heavy (non-hydrogen) atoms. The molecule has 0 unspecified atom stereocenters. The van der Waals surface area contributed by atoms with Gasteiger partial charge in [-0.2, -0.15) is 0 Å². The van der Waals surface area contributed by atoms with Crippen molar-refractivity contribution in [2.24, 2.45) is 0 Å². The van der Waals surface area contributed by atoms with Gasteiger partial charge in [0.05, 0.1) is 11.9 Å². The average molecular weight is 476 g/mol. The van der Waals surface area contributed by atoms with Crippen LogP contribution in [0.3, 0.4) is 0 Å². The number of benzene rings is 2. The predicted octanol–water partition coefficient (Wildman–Crippen LogP) is 3.74. The topological polar surface area (TPSA) is 60.9 Å². The van der Waals surface area contributed by atoms with Gasteiger partial charge < -0.3 is 4.90 Å². The van der Waals surface area contributed by atoms with E-state index in [2.05, 4.69) is 29.2 Å². The van der Waals surface area contributed by atoms with Crippen LogP contribution in [0.1, 0.15) is 18.4 Å². The molecule has 2 aromatic carbocycles. The number of hydrogen-bond donors (Lipinski definition) is 0. The zero-order valence-electron chi connectivity index (χ0n) is 18.4. The summed E-state index contributed by atoms with van der Waals surface area (Å²) in [4.78, 5) is 16.8. The van der Waals surface area contributed by atoms with Crippen molar-refractivity contribution < 1.29 is 13.2 Å². The van der Waals surface area contributed by atoms with Crippen molar-refractivity contribution in [2.45, 2.75) is 12.8 Å². The molecule has 1 saturated heterocycles. The van der Waals surface area contributed by atoms with Crippen molar-refractivity contribution in [1.82, 2.24) is 9.80 Å². The third-order valence-electron chi connectivity index (χ3n) is 5.45. The van der Waals surface area contributed by atoms with Crippen LogP contribution in [0.25, 0.3) is 6.08 Å². The second-order valence-corrected chi connectivity index (χ2v) is 10.3. The average Bonchev–Trinajstić information content (AvgIpc) is 2.77. The molecule has 0 aliphatic carbocycles. The van der Waals surface area contributed by atoms with Gasteiger partial charge in [0.1, 0.15) is 0 Å². The summed E-state index contributed by atoms with van der Waals surface area (Å²) in [5.41, 5.74) is 1.70. The van der Waals surface area contributed by atoms with Crippen molar-refractivity contribution in [1.29, 1.82) is 0 Å². The van der Waals surface area contributed by atoms with Crippen LogP contribution in [0.5, 0.6) is 0 Å². The van der Waals surface area contributed by atoms with Crippen LogP contribution in [0.15, 0.2) is 60.7 Å². The van der Waals surface area contributed by atoms with Gasteiger partial charge in [0, 0.05) is 50.7 Å². The molecule has 2 aromatic rings. The quantitative estimate of drug-likeness (QED) is 0.554. The fraction of sp³-hybridized carbons (Fsp3) is 0.375. The minimum absolute atomic E-state index is 0.0732. The van der Waals surface area contributed by atoms with Crippen LogP contribution in [0, 0.1) is 0 Å². The molecular weight excluding hydrogens is 446 g/mol. The second kappa shape index (κ2) is 11.5. The molecule has 172 valence electrons. The highest BCUT2D eigenvalue weighted by Crippen LogP contribution is 2.22. The van der Waals surface area contributed by atoms with Gasteiger partial charge in [-0.15, -0.1) is 0 Å². The van der Waals surface area contributed by atoms with Crippen molar-refractivity contribution in [3.05, 3.63) is 71.3 Å². The largest absolute Gasteiger partial charge is 0.340 e. The minimum atomic E-state index is -3.46. The predicted molar refractivity (Wildman–Crippen MR) is 131 cm³/mol. The number of carbonyl (C=O) groups is 1. The van der Waals surface area contributed by atoms with E-state index in [1.54, 1.807) is 24.3 Å². The summed E-state index contributed by atoms with van der Waals surface area (Å²) in [6.07, 6.45) is 6.22. The number of rotatable bonds is 9. The van der Waals surface area contributed by atoms with Crippen molar-refractivity contribution in [3.63, 3.8) is 0 Å². The van der Waals surface area contributed by atoms with Gasteiger partial charge in [0.25, 0.3) is 0 Å². The fourth-order valence-electron chi connectivity index (χ4n) is 3.73. The van der Waals surface area contributed by atoms with Gasteiger partial charge in [-0.3, -0.25) is 14.0 Å². The number of nitrogens with zero attached hydrogens (tertiary/aromatic N) is 3. The lowest BCUT2D eigenvalue weighted by Crippen LogP contribution is -2.48. The fourth-order valence-corrected chi connectivity index (χ4v) is 4.87. The standard InChI is InChI=1S/C24H30ClN3O3S/c1-32(30,31)28(23-12-5-11-22(25)20-23)15-7-13-24(29)27-18-16-26(17-19-27)14-6-10-21-8-3-2-4-9-21/h2-6,8-12,20H,7,13-19H2,1H3/b10-6+. The first-order chi connectivity index (χ1) is 15.3. The summed E-state index contributed by atoms with van der Waals surface area (Å²) < 4.78 is 25.7. The van der Waals surface area contributed by atoms with E-state index in [0.717, 1.165) is 19.6 Å². The Bertz CT molecular complexity index is 1020. The van der Waals surface area contributed by atoms with Gasteiger partial charge in [-0.05, 0) is 30.2 Å². The monoisotopic (exact) mass is 475 g/mol. The van der Waals surface area contributed by atoms with Crippen molar-refractivity contribution in [3.8, 4) is 0 Å². The smallest absolute Gasteiger partial charge is 0.232 e. The lowest BCUT2D eigenvalue weighted by atomic mass is 10.2. The molecule has 0 spiro atoms. The van der Waals surface area contributed by atoms with Gasteiger partial charge in [-0.1, -0.05) is 60.2 Å². The number of piperazine rings is 1. The molecule has 8 heteroatoms. The molecule has 0 atom stereocenters. The summed E-state index contributed by atoms with van der Waals surface area (Å²) in [6, 6.07) is 16.9. The Kier molecular flexibility index (Phi) is 8.73. The van der Waals surface area contributed by atoms with Gasteiger partial charge in [0.2, 0.25) is 15.9 Å². The highest BCUT2D eigenvalue weighted by Gasteiger charge is 2.22. The third kappa shape index (κ3) is 7.36. The molecular formula is C24H30ClN3O3S. The molecule has 0 N–H and O–H groups in total. The Labute approximate surface area is 196 Å². The van der Waals surface area contributed by atoms with E-state index in [-0.39, 0.29) is 12.5 Å². The molecule has 3 rings (SSSR count). The maximum atomic E-state index is 12.6. The SMILES string of the molecule is CS(=O)(=O)N(CCCC(=O)N1CCN(C/C=C/c2ccccc2)CC1)c1cccc(Cl)c1. The lowest BCUT2D eigenvalue weighted by molar-refractivity contribution is -0.132. The number of amides is 1. The molecule has 1 aliphatic rings. The maximum absolute atomic E-state index is 12.6. The van der Waals surface area contributed by atoms with Crippen molar-refractivity contribution >= 4 is 39.3 Å². The first-order valence-electron chi connectivity index (χ1n) is 10.8. The van der Waals surface area contributed by atoms with E-state index in [4.69, 9.17) is 11.6 Å². The zero-order valence-corrected chi connectivity index (χ0v) is 19.9. The van der Waals surface area contributed by atoms with E-state index >= 15 is 0 Å². The van der Waals surface area contributed by atoms with Crippen LogP contribution in [0.2, 0.25) is 5.02 Å². The Balaban J connectivity index is 1.43. The molecule has 0 bridgehead atoms. The molecule has 0 radical (unpaired) electrons. The Hall–Kier alpha value is -2.35. The van der Waals surface area contributed by atoms with Gasteiger partial charge in [-0.25, -0.2) is 8.42 Å². The third-order valence-corrected chi connectivity index (χ3v) is 6.88. The Morgan fingerprint density at radius 1 is 1.06 bits per heavy atom. The van der Waals surface area contributed by atoms with Crippen LogP contribution >= 0.6 is 11.6 Å². The van der Waals surface area contributed by atoms with Crippen molar-refractivity contribution in [2.75, 3.05) is 49.8 Å². The molecule has 1 fully saturated rings. The summed E-state index contributed by atoms with van der Waals surface area (Å²) in [5.74, 6) is 0.0732. The molecule has 0 saturated carbocycles.